The van der Waals surface area contributed by atoms with Gasteiger partial charge in [0.15, 0.2) is 0 Å². The zero-order chi connectivity index (χ0) is 37.2. The highest BCUT2D eigenvalue weighted by Crippen LogP contribution is 2.61. The average molecular weight is 753 g/mol. The maximum atomic E-state index is 6.91. The topological polar surface area (TPSA) is 34.0 Å². The Morgan fingerprint density at radius 1 is 0.446 bits per heavy atom. The van der Waals surface area contributed by atoms with Crippen molar-refractivity contribution in [3.8, 4) is 39.5 Å². The SMILES string of the molecule is S=P1(c2ccccc2)c2ccccc2-c2cc(-c3ccc4c(c3)c3ccccc3n4-c3nc(-c4ccccc4)c4ccccc4n3)ccc2N1c1ccccc1. The van der Waals surface area contributed by atoms with Gasteiger partial charge < -0.3 is 4.67 Å². The molecule has 0 fully saturated rings. The van der Waals surface area contributed by atoms with Gasteiger partial charge in [0.2, 0.25) is 5.95 Å². The van der Waals surface area contributed by atoms with Crippen molar-refractivity contribution in [2.75, 3.05) is 4.67 Å². The Labute approximate surface area is 330 Å². The summed E-state index contributed by atoms with van der Waals surface area (Å²) in [6, 6.07) is 71.0. The number of anilines is 2. The molecule has 0 aliphatic carbocycles. The van der Waals surface area contributed by atoms with Crippen molar-refractivity contribution in [3.63, 3.8) is 0 Å². The summed E-state index contributed by atoms with van der Waals surface area (Å²) in [7, 11) is 0. The molecule has 1 unspecified atom stereocenters. The second-order valence-electron chi connectivity index (χ2n) is 14.1. The molecule has 6 heteroatoms. The number of para-hydroxylation sites is 3. The molecular weight excluding hydrogens is 720 g/mol. The first-order chi connectivity index (χ1) is 27.7. The Hall–Kier alpha value is -6.65. The van der Waals surface area contributed by atoms with Gasteiger partial charge >= 0.3 is 0 Å². The summed E-state index contributed by atoms with van der Waals surface area (Å²) in [6.45, 7) is 0. The fourth-order valence-electron chi connectivity index (χ4n) is 8.45. The van der Waals surface area contributed by atoms with Crippen LogP contribution >= 0.6 is 6.19 Å². The van der Waals surface area contributed by atoms with Crippen molar-refractivity contribution in [2.24, 2.45) is 0 Å². The summed E-state index contributed by atoms with van der Waals surface area (Å²) < 4.78 is 4.66. The summed E-state index contributed by atoms with van der Waals surface area (Å²) in [5.74, 6) is 0.655. The molecule has 264 valence electrons. The normalized spacial score (nSPS) is 14.9. The molecule has 0 N–H and O–H groups in total. The lowest BCUT2D eigenvalue weighted by atomic mass is 9.96. The fraction of sp³-hybridized carbons (Fsp3) is 0. The average Bonchev–Trinajstić information content (AvgIpc) is 3.61. The molecule has 0 bridgehead atoms. The number of hydrogen-bond acceptors (Lipinski definition) is 3. The summed E-state index contributed by atoms with van der Waals surface area (Å²) in [4.78, 5) is 10.4. The number of benzene rings is 8. The van der Waals surface area contributed by atoms with E-state index in [9.17, 15) is 0 Å². The Morgan fingerprint density at radius 2 is 1.07 bits per heavy atom. The van der Waals surface area contributed by atoms with Crippen LogP contribution in [0.4, 0.5) is 11.4 Å². The molecule has 8 aromatic carbocycles. The van der Waals surface area contributed by atoms with Gasteiger partial charge in [-0.1, -0.05) is 163 Å². The highest BCUT2D eigenvalue weighted by molar-refractivity contribution is 8.23. The molecule has 0 saturated heterocycles. The van der Waals surface area contributed by atoms with Crippen molar-refractivity contribution in [3.05, 3.63) is 200 Å². The Balaban J connectivity index is 1.10. The van der Waals surface area contributed by atoms with Gasteiger partial charge in [-0.15, -0.1) is 0 Å². The molecule has 2 aromatic heterocycles. The molecule has 56 heavy (non-hydrogen) atoms. The van der Waals surface area contributed by atoms with Crippen LogP contribution in [0, 0.1) is 0 Å². The third-order valence-corrected chi connectivity index (χ3v) is 15.7. The number of aromatic nitrogens is 3. The van der Waals surface area contributed by atoms with Gasteiger partial charge in [0.25, 0.3) is 0 Å². The second kappa shape index (κ2) is 13.0. The second-order valence-corrected chi connectivity index (χ2v) is 18.3. The van der Waals surface area contributed by atoms with Crippen molar-refractivity contribution in [1.29, 1.82) is 0 Å². The Bertz CT molecular complexity index is 3180. The van der Waals surface area contributed by atoms with Gasteiger partial charge in [-0.25, -0.2) is 9.97 Å². The van der Waals surface area contributed by atoms with E-state index in [0.29, 0.717) is 5.95 Å². The van der Waals surface area contributed by atoms with Crippen LogP contribution < -0.4 is 15.3 Å². The molecule has 1 aliphatic rings. The van der Waals surface area contributed by atoms with Crippen molar-refractivity contribution < 1.29 is 0 Å². The van der Waals surface area contributed by atoms with Crippen LogP contribution in [-0.2, 0) is 11.8 Å². The number of nitrogens with zero attached hydrogens (tertiary/aromatic N) is 4. The van der Waals surface area contributed by atoms with E-state index in [-0.39, 0.29) is 0 Å². The fourth-order valence-corrected chi connectivity index (χ4v) is 12.9. The van der Waals surface area contributed by atoms with Crippen LogP contribution in [0.5, 0.6) is 0 Å². The van der Waals surface area contributed by atoms with E-state index < -0.39 is 6.19 Å². The van der Waals surface area contributed by atoms with E-state index >= 15 is 0 Å². The van der Waals surface area contributed by atoms with Gasteiger partial charge in [0.1, 0.15) is 0 Å². The third kappa shape index (κ3) is 5.02. The van der Waals surface area contributed by atoms with Crippen molar-refractivity contribution in [2.45, 2.75) is 0 Å². The predicted molar refractivity (Wildman–Crippen MR) is 239 cm³/mol. The summed E-state index contributed by atoms with van der Waals surface area (Å²) >= 11 is 6.91. The smallest absolute Gasteiger partial charge is 0.235 e. The molecule has 0 saturated carbocycles. The first-order valence-corrected chi connectivity index (χ1v) is 21.5. The largest absolute Gasteiger partial charge is 0.305 e. The molecule has 0 spiro atoms. The van der Waals surface area contributed by atoms with Crippen LogP contribution in [0.25, 0.3) is 72.2 Å². The lowest BCUT2D eigenvalue weighted by molar-refractivity contribution is 1.01. The molecule has 3 heterocycles. The molecule has 0 radical (unpaired) electrons. The maximum absolute atomic E-state index is 6.91. The van der Waals surface area contributed by atoms with E-state index in [0.717, 1.165) is 66.5 Å². The van der Waals surface area contributed by atoms with Crippen LogP contribution in [-0.4, -0.2) is 14.5 Å². The van der Waals surface area contributed by atoms with Crippen LogP contribution in [0.15, 0.2) is 200 Å². The number of hydrogen-bond donors (Lipinski definition) is 0. The van der Waals surface area contributed by atoms with Crippen molar-refractivity contribution >= 4 is 72.7 Å². The Morgan fingerprint density at radius 3 is 1.89 bits per heavy atom. The van der Waals surface area contributed by atoms with Gasteiger partial charge in [0, 0.05) is 43.6 Å². The number of rotatable bonds is 5. The molecule has 0 amide bonds. The van der Waals surface area contributed by atoms with Gasteiger partial charge in [-0.05, 0) is 65.2 Å². The highest BCUT2D eigenvalue weighted by atomic mass is 32.4. The van der Waals surface area contributed by atoms with E-state index in [1.807, 2.05) is 12.1 Å². The first kappa shape index (κ1) is 32.8. The van der Waals surface area contributed by atoms with Crippen LogP contribution in [0.2, 0.25) is 0 Å². The summed E-state index contributed by atoms with van der Waals surface area (Å²) in [5, 5.41) is 5.72. The van der Waals surface area contributed by atoms with Crippen LogP contribution in [0.3, 0.4) is 0 Å². The highest BCUT2D eigenvalue weighted by Gasteiger charge is 2.39. The zero-order valence-electron chi connectivity index (χ0n) is 30.2. The van der Waals surface area contributed by atoms with Gasteiger partial charge in [-0.2, -0.15) is 0 Å². The molecule has 10 aromatic rings. The quantitative estimate of drug-likeness (QED) is 0.164. The standard InChI is InChI=1S/C50H33N4PS/c56-55(38-20-8-3-9-21-38)48-27-15-12-23-40(48)43-33-36(29-31-47(43)54(55)37-18-6-2-7-19-37)35-28-30-46-42(32-35)39-22-11-14-26-45(39)53(46)50-51-44-25-13-10-24-41(44)49(52-50)34-16-4-1-5-17-34/h1-33H. The van der Waals surface area contributed by atoms with E-state index in [1.54, 1.807) is 0 Å². The summed E-state index contributed by atoms with van der Waals surface area (Å²) in [5.41, 5.74) is 11.9. The molecular formula is C50H33N4PS. The molecule has 11 rings (SSSR count). The van der Waals surface area contributed by atoms with E-state index in [1.165, 1.54) is 21.7 Å². The summed E-state index contributed by atoms with van der Waals surface area (Å²) in [6.07, 6.45) is -2.48. The Kier molecular flexibility index (Phi) is 7.60. The minimum Gasteiger partial charge on any atom is -0.305 e. The van der Waals surface area contributed by atoms with Gasteiger partial charge in [0.05, 0.1) is 34.1 Å². The lowest BCUT2D eigenvalue weighted by Crippen LogP contribution is -2.33. The minimum atomic E-state index is -2.48. The lowest BCUT2D eigenvalue weighted by Gasteiger charge is -2.43. The van der Waals surface area contributed by atoms with E-state index in [2.05, 4.69) is 197 Å². The zero-order valence-corrected chi connectivity index (χ0v) is 31.9. The third-order valence-electron chi connectivity index (χ3n) is 11.0. The maximum Gasteiger partial charge on any atom is 0.235 e. The molecule has 1 aliphatic heterocycles. The number of fused-ring (bicyclic) bond motifs is 7. The first-order valence-electron chi connectivity index (χ1n) is 18.8. The van der Waals surface area contributed by atoms with E-state index in [4.69, 9.17) is 21.8 Å². The predicted octanol–water partition coefficient (Wildman–Crippen LogP) is 12.2. The van der Waals surface area contributed by atoms with Gasteiger partial charge in [-0.3, -0.25) is 4.57 Å². The van der Waals surface area contributed by atoms with Crippen molar-refractivity contribution in [1.82, 2.24) is 14.5 Å². The van der Waals surface area contributed by atoms with Crippen LogP contribution in [0.1, 0.15) is 0 Å². The molecule has 4 nitrogen and oxygen atoms in total. The minimum absolute atomic E-state index is 0.655. The monoisotopic (exact) mass is 752 g/mol. The molecule has 1 atom stereocenters.